The van der Waals surface area contributed by atoms with Crippen LogP contribution in [0.15, 0.2) is 54.6 Å². The Hall–Kier alpha value is -2.99. The molecule has 0 aliphatic heterocycles. The molecule has 1 aromatic heterocycles. The number of nitrogens with one attached hydrogen (secondary N) is 2. The summed E-state index contributed by atoms with van der Waals surface area (Å²) in [5.74, 6) is -0.215. The standard InChI is InChI=1S/C21H20ClFN4O/c1-14-12-19(20(28)25-13-16-4-8-18(23)9-5-16)27-21(26-14)24-11-10-15-2-6-17(22)7-3-15/h2-9,12H,10-11,13H2,1H3,(H,25,28)(H,24,26,27). The van der Waals surface area contributed by atoms with Crippen molar-refractivity contribution >= 4 is 23.5 Å². The van der Waals surface area contributed by atoms with Crippen LogP contribution >= 0.6 is 11.6 Å². The van der Waals surface area contributed by atoms with Gasteiger partial charge in [0, 0.05) is 23.8 Å². The zero-order chi connectivity index (χ0) is 19.9. The molecule has 5 nitrogen and oxygen atoms in total. The first kappa shape index (κ1) is 19.8. The molecular weight excluding hydrogens is 379 g/mol. The fourth-order valence-corrected chi connectivity index (χ4v) is 2.73. The van der Waals surface area contributed by atoms with Crippen molar-refractivity contribution in [2.75, 3.05) is 11.9 Å². The topological polar surface area (TPSA) is 66.9 Å². The van der Waals surface area contributed by atoms with Crippen molar-refractivity contribution in [3.05, 3.63) is 88.0 Å². The maximum Gasteiger partial charge on any atom is 0.270 e. The molecule has 3 aromatic rings. The average Bonchev–Trinajstić information content (AvgIpc) is 2.68. The van der Waals surface area contributed by atoms with Crippen LogP contribution in [0.1, 0.15) is 27.3 Å². The van der Waals surface area contributed by atoms with Gasteiger partial charge in [0.25, 0.3) is 5.91 Å². The number of aromatic nitrogens is 2. The normalized spacial score (nSPS) is 10.5. The first-order chi connectivity index (χ1) is 13.5. The lowest BCUT2D eigenvalue weighted by molar-refractivity contribution is 0.0945. The van der Waals surface area contributed by atoms with Gasteiger partial charge in [-0.05, 0) is 54.8 Å². The van der Waals surface area contributed by atoms with Crippen LogP contribution in [0.5, 0.6) is 0 Å². The minimum Gasteiger partial charge on any atom is -0.354 e. The molecule has 0 spiro atoms. The van der Waals surface area contributed by atoms with Crippen molar-refractivity contribution in [1.82, 2.24) is 15.3 Å². The van der Waals surface area contributed by atoms with Crippen LogP contribution in [0, 0.1) is 12.7 Å². The van der Waals surface area contributed by atoms with Crippen molar-refractivity contribution < 1.29 is 9.18 Å². The molecule has 2 aromatic carbocycles. The van der Waals surface area contributed by atoms with Gasteiger partial charge in [0.15, 0.2) is 0 Å². The first-order valence-corrected chi connectivity index (χ1v) is 9.24. The Morgan fingerprint density at radius 2 is 1.71 bits per heavy atom. The molecule has 0 atom stereocenters. The monoisotopic (exact) mass is 398 g/mol. The highest BCUT2D eigenvalue weighted by atomic mass is 35.5. The first-order valence-electron chi connectivity index (χ1n) is 8.86. The zero-order valence-corrected chi connectivity index (χ0v) is 16.1. The third-order valence-electron chi connectivity index (χ3n) is 4.06. The molecule has 28 heavy (non-hydrogen) atoms. The maximum absolute atomic E-state index is 13.0. The van der Waals surface area contributed by atoms with Gasteiger partial charge in [-0.2, -0.15) is 0 Å². The van der Waals surface area contributed by atoms with Crippen LogP contribution in [-0.4, -0.2) is 22.4 Å². The Morgan fingerprint density at radius 3 is 2.43 bits per heavy atom. The highest BCUT2D eigenvalue weighted by Crippen LogP contribution is 2.11. The number of amides is 1. The quantitative estimate of drug-likeness (QED) is 0.627. The van der Waals surface area contributed by atoms with E-state index in [-0.39, 0.29) is 17.4 Å². The van der Waals surface area contributed by atoms with Crippen LogP contribution in [0.25, 0.3) is 0 Å². The average molecular weight is 399 g/mol. The lowest BCUT2D eigenvalue weighted by atomic mass is 10.1. The summed E-state index contributed by atoms with van der Waals surface area (Å²) in [6.07, 6.45) is 0.778. The van der Waals surface area contributed by atoms with Crippen molar-refractivity contribution in [1.29, 1.82) is 0 Å². The Labute approximate surface area is 168 Å². The van der Waals surface area contributed by atoms with E-state index in [0.717, 1.165) is 17.5 Å². The number of hydrogen-bond donors (Lipinski definition) is 2. The Kier molecular flexibility index (Phi) is 6.55. The molecule has 0 radical (unpaired) electrons. The van der Waals surface area contributed by atoms with E-state index in [1.54, 1.807) is 18.2 Å². The Balaban J connectivity index is 1.57. The molecule has 1 heterocycles. The van der Waals surface area contributed by atoms with Gasteiger partial charge >= 0.3 is 0 Å². The van der Waals surface area contributed by atoms with Gasteiger partial charge in [0.2, 0.25) is 5.95 Å². The van der Waals surface area contributed by atoms with E-state index in [4.69, 9.17) is 11.6 Å². The van der Waals surface area contributed by atoms with E-state index in [9.17, 15) is 9.18 Å². The van der Waals surface area contributed by atoms with Crippen LogP contribution in [-0.2, 0) is 13.0 Å². The Bertz CT molecular complexity index is 946. The molecule has 0 unspecified atom stereocenters. The second kappa shape index (κ2) is 9.28. The van der Waals surface area contributed by atoms with Crippen molar-refractivity contribution in [2.45, 2.75) is 19.9 Å². The van der Waals surface area contributed by atoms with E-state index in [1.807, 2.05) is 31.2 Å². The van der Waals surface area contributed by atoms with E-state index in [2.05, 4.69) is 20.6 Å². The fraction of sp³-hybridized carbons (Fsp3) is 0.190. The summed E-state index contributed by atoms with van der Waals surface area (Å²) in [5, 5.41) is 6.64. The lowest BCUT2D eigenvalue weighted by Crippen LogP contribution is -2.24. The maximum atomic E-state index is 13.0. The molecule has 1 amide bonds. The summed E-state index contributed by atoms with van der Waals surface area (Å²) in [7, 11) is 0. The summed E-state index contributed by atoms with van der Waals surface area (Å²) in [5.41, 5.74) is 2.92. The Morgan fingerprint density at radius 1 is 1.04 bits per heavy atom. The fourth-order valence-electron chi connectivity index (χ4n) is 2.61. The summed E-state index contributed by atoms with van der Waals surface area (Å²) in [4.78, 5) is 21.0. The van der Waals surface area contributed by atoms with E-state index in [1.165, 1.54) is 12.1 Å². The number of anilines is 1. The van der Waals surface area contributed by atoms with Crippen molar-refractivity contribution in [2.24, 2.45) is 0 Å². The molecule has 0 saturated heterocycles. The number of aryl methyl sites for hydroxylation is 1. The summed E-state index contributed by atoms with van der Waals surface area (Å²) in [6.45, 7) is 2.73. The van der Waals surface area contributed by atoms with Crippen LogP contribution in [0.3, 0.4) is 0 Å². The smallest absolute Gasteiger partial charge is 0.270 e. The molecule has 2 N–H and O–H groups in total. The highest BCUT2D eigenvalue weighted by Gasteiger charge is 2.10. The predicted molar refractivity (Wildman–Crippen MR) is 108 cm³/mol. The van der Waals surface area contributed by atoms with Gasteiger partial charge in [-0.15, -0.1) is 0 Å². The molecule has 3 rings (SSSR count). The van der Waals surface area contributed by atoms with Gasteiger partial charge in [0.05, 0.1) is 0 Å². The third-order valence-corrected chi connectivity index (χ3v) is 4.32. The van der Waals surface area contributed by atoms with Gasteiger partial charge in [-0.25, -0.2) is 14.4 Å². The minimum atomic E-state index is -0.310. The second-order valence-corrected chi connectivity index (χ2v) is 6.77. The van der Waals surface area contributed by atoms with E-state index >= 15 is 0 Å². The molecule has 0 saturated carbocycles. The molecule has 0 aliphatic rings. The summed E-state index contributed by atoms with van der Waals surface area (Å²) in [6, 6.07) is 15.2. The minimum absolute atomic E-state index is 0.281. The molecule has 7 heteroatoms. The number of rotatable bonds is 7. The van der Waals surface area contributed by atoms with Gasteiger partial charge in [-0.1, -0.05) is 35.9 Å². The zero-order valence-electron chi connectivity index (χ0n) is 15.4. The second-order valence-electron chi connectivity index (χ2n) is 6.33. The molecule has 0 fully saturated rings. The van der Waals surface area contributed by atoms with Crippen LogP contribution in [0.2, 0.25) is 5.02 Å². The lowest BCUT2D eigenvalue weighted by Gasteiger charge is -2.09. The number of carbonyl (C=O) groups is 1. The number of carbonyl (C=O) groups excluding carboxylic acids is 1. The predicted octanol–water partition coefficient (Wildman–Crippen LogP) is 4.16. The molecule has 0 bridgehead atoms. The summed E-state index contributed by atoms with van der Waals surface area (Å²) < 4.78 is 13.0. The summed E-state index contributed by atoms with van der Waals surface area (Å²) >= 11 is 5.89. The molecule has 0 aliphatic carbocycles. The molecule has 144 valence electrons. The van der Waals surface area contributed by atoms with Crippen LogP contribution < -0.4 is 10.6 Å². The number of nitrogens with zero attached hydrogens (tertiary/aromatic N) is 2. The van der Waals surface area contributed by atoms with Gasteiger partial charge in [-0.3, -0.25) is 4.79 Å². The third kappa shape index (κ3) is 5.76. The SMILES string of the molecule is Cc1cc(C(=O)NCc2ccc(F)cc2)nc(NCCc2ccc(Cl)cc2)n1. The van der Waals surface area contributed by atoms with Gasteiger partial charge < -0.3 is 10.6 Å². The largest absolute Gasteiger partial charge is 0.354 e. The number of halogens is 2. The number of hydrogen-bond acceptors (Lipinski definition) is 4. The van der Waals surface area contributed by atoms with Gasteiger partial charge in [0.1, 0.15) is 11.5 Å². The van der Waals surface area contributed by atoms with Crippen molar-refractivity contribution in [3.63, 3.8) is 0 Å². The van der Waals surface area contributed by atoms with E-state index < -0.39 is 0 Å². The van der Waals surface area contributed by atoms with Crippen molar-refractivity contribution in [3.8, 4) is 0 Å². The highest BCUT2D eigenvalue weighted by molar-refractivity contribution is 6.30. The molecular formula is C21H20ClFN4O. The van der Waals surface area contributed by atoms with E-state index in [0.29, 0.717) is 29.8 Å². The number of benzene rings is 2. The van der Waals surface area contributed by atoms with Crippen LogP contribution in [0.4, 0.5) is 10.3 Å².